The van der Waals surface area contributed by atoms with Gasteiger partial charge in [0.05, 0.1) is 15.6 Å². The number of nitrogens with zero attached hydrogens (tertiary/aromatic N) is 1. The molecular weight excluding hydrogens is 380 g/mol. The van der Waals surface area contributed by atoms with E-state index in [0.717, 1.165) is 0 Å². The average Bonchev–Trinajstić information content (AvgIpc) is 2.86. The van der Waals surface area contributed by atoms with Gasteiger partial charge in [0, 0.05) is 10.0 Å². The van der Waals surface area contributed by atoms with Gasteiger partial charge in [0.25, 0.3) is 0 Å². The molecule has 3 rings (SSSR count). The minimum Gasteiger partial charge on any atom is -0.402 e. The number of halogens is 4. The molecule has 3 nitrogen and oxygen atoms in total. The highest BCUT2D eigenvalue weighted by Crippen LogP contribution is 2.30. The van der Waals surface area contributed by atoms with Gasteiger partial charge in [-0.1, -0.05) is 58.5 Å². The van der Waals surface area contributed by atoms with E-state index in [1.807, 2.05) is 0 Å². The molecule has 1 aliphatic heterocycles. The zero-order chi connectivity index (χ0) is 16.6. The summed E-state index contributed by atoms with van der Waals surface area (Å²) in [5, 5.41) is 1.52. The van der Waals surface area contributed by atoms with E-state index in [9.17, 15) is 4.79 Å². The minimum atomic E-state index is -0.595. The highest BCUT2D eigenvalue weighted by atomic mass is 35.5. The Hall–Kier alpha value is -1.52. The molecule has 0 unspecified atom stereocenters. The van der Waals surface area contributed by atoms with Crippen LogP contribution in [0.25, 0.3) is 6.08 Å². The maximum atomic E-state index is 12.0. The fourth-order valence-corrected chi connectivity index (χ4v) is 2.80. The lowest BCUT2D eigenvalue weighted by molar-refractivity contribution is -0.129. The van der Waals surface area contributed by atoms with Crippen LogP contribution in [-0.4, -0.2) is 11.9 Å². The van der Waals surface area contributed by atoms with E-state index in [4.69, 9.17) is 51.1 Å². The maximum absolute atomic E-state index is 12.0. The van der Waals surface area contributed by atoms with Gasteiger partial charge in [-0.25, -0.2) is 9.79 Å². The second kappa shape index (κ2) is 6.54. The fourth-order valence-electron chi connectivity index (χ4n) is 1.96. The van der Waals surface area contributed by atoms with E-state index in [-0.39, 0.29) is 16.6 Å². The van der Waals surface area contributed by atoms with E-state index in [1.54, 1.807) is 36.4 Å². The zero-order valence-electron chi connectivity index (χ0n) is 11.3. The number of hydrogen-bond acceptors (Lipinski definition) is 3. The van der Waals surface area contributed by atoms with Crippen molar-refractivity contribution in [2.75, 3.05) is 0 Å². The molecule has 116 valence electrons. The first kappa shape index (κ1) is 16.3. The molecule has 0 fully saturated rings. The number of cyclic esters (lactones) is 1. The molecule has 23 heavy (non-hydrogen) atoms. The van der Waals surface area contributed by atoms with E-state index in [1.165, 1.54) is 6.08 Å². The topological polar surface area (TPSA) is 38.7 Å². The molecule has 0 N–H and O–H groups in total. The number of aliphatic imine (C=N–C) groups is 1. The Kier molecular flexibility index (Phi) is 4.64. The van der Waals surface area contributed by atoms with Crippen molar-refractivity contribution in [3.05, 3.63) is 73.3 Å². The number of carbonyl (C=O) groups excluding carboxylic acids is 1. The number of hydrogen-bond donors (Lipinski definition) is 0. The van der Waals surface area contributed by atoms with Gasteiger partial charge in [-0.3, -0.25) is 0 Å². The summed E-state index contributed by atoms with van der Waals surface area (Å²) in [7, 11) is 0. The summed E-state index contributed by atoms with van der Waals surface area (Å²) in [5.74, 6) is -0.499. The lowest BCUT2D eigenvalue weighted by Gasteiger charge is -2.03. The molecule has 1 aliphatic rings. The van der Waals surface area contributed by atoms with E-state index in [0.29, 0.717) is 26.2 Å². The third-order valence-corrected chi connectivity index (χ3v) is 4.44. The van der Waals surface area contributed by atoms with Gasteiger partial charge in [-0.2, -0.15) is 0 Å². The summed E-state index contributed by atoms with van der Waals surface area (Å²) < 4.78 is 5.16. The van der Waals surface area contributed by atoms with Crippen LogP contribution < -0.4 is 0 Å². The smallest absolute Gasteiger partial charge is 0.363 e. The normalized spacial score (nSPS) is 15.7. The van der Waals surface area contributed by atoms with Crippen LogP contribution in [0, 0.1) is 0 Å². The second-order valence-corrected chi connectivity index (χ2v) is 6.23. The first-order valence-electron chi connectivity index (χ1n) is 6.37. The Morgan fingerprint density at radius 3 is 2.52 bits per heavy atom. The van der Waals surface area contributed by atoms with Crippen molar-refractivity contribution in [1.29, 1.82) is 0 Å². The molecule has 1 heterocycles. The van der Waals surface area contributed by atoms with Crippen molar-refractivity contribution < 1.29 is 9.53 Å². The van der Waals surface area contributed by atoms with Crippen LogP contribution in [0.15, 0.2) is 47.1 Å². The molecule has 0 atom stereocenters. The number of esters is 1. The minimum absolute atomic E-state index is 0.0961. The van der Waals surface area contributed by atoms with Crippen molar-refractivity contribution in [1.82, 2.24) is 0 Å². The summed E-state index contributed by atoms with van der Waals surface area (Å²) in [6.07, 6.45) is 1.52. The highest BCUT2D eigenvalue weighted by Gasteiger charge is 2.26. The van der Waals surface area contributed by atoms with Gasteiger partial charge in [0.2, 0.25) is 5.90 Å². The monoisotopic (exact) mass is 385 g/mol. The summed E-state index contributed by atoms with van der Waals surface area (Å²) in [6, 6.07) is 9.92. The SMILES string of the molecule is O=C1OC(c2cccc(Cl)c2Cl)=N/C1=C/c1ccc(Cl)cc1Cl. The van der Waals surface area contributed by atoms with Crippen molar-refractivity contribution in [3.63, 3.8) is 0 Å². The first-order chi connectivity index (χ1) is 11.0. The van der Waals surface area contributed by atoms with Gasteiger partial charge in [-0.05, 0) is 35.9 Å². The summed E-state index contributed by atoms with van der Waals surface area (Å²) in [6.45, 7) is 0. The number of ether oxygens (including phenoxy) is 1. The van der Waals surface area contributed by atoms with Gasteiger partial charge >= 0.3 is 5.97 Å². The van der Waals surface area contributed by atoms with Crippen LogP contribution in [0.4, 0.5) is 0 Å². The molecule has 0 amide bonds. The summed E-state index contributed by atoms with van der Waals surface area (Å²) in [5.41, 5.74) is 1.16. The third kappa shape index (κ3) is 3.38. The molecule has 0 saturated heterocycles. The number of carbonyl (C=O) groups is 1. The van der Waals surface area contributed by atoms with Crippen LogP contribution in [0.3, 0.4) is 0 Å². The highest BCUT2D eigenvalue weighted by molar-refractivity contribution is 6.44. The van der Waals surface area contributed by atoms with Crippen LogP contribution in [-0.2, 0) is 9.53 Å². The van der Waals surface area contributed by atoms with E-state index < -0.39 is 5.97 Å². The van der Waals surface area contributed by atoms with Crippen LogP contribution in [0.2, 0.25) is 20.1 Å². The van der Waals surface area contributed by atoms with Gasteiger partial charge in [-0.15, -0.1) is 0 Å². The molecule has 0 bridgehead atoms. The second-order valence-electron chi connectivity index (χ2n) is 4.60. The van der Waals surface area contributed by atoms with Gasteiger partial charge in [0.1, 0.15) is 0 Å². The standard InChI is InChI=1S/C16H7Cl4NO2/c17-9-5-4-8(12(19)7-9)6-13-16(22)23-15(21-13)10-2-1-3-11(18)14(10)20/h1-7H/b13-6+. The largest absolute Gasteiger partial charge is 0.402 e. The Morgan fingerprint density at radius 2 is 1.78 bits per heavy atom. The number of benzene rings is 2. The molecule has 0 aromatic heterocycles. The van der Waals surface area contributed by atoms with Gasteiger partial charge < -0.3 is 4.74 Å². The van der Waals surface area contributed by atoms with Crippen molar-refractivity contribution in [2.45, 2.75) is 0 Å². The molecular formula is C16H7Cl4NO2. The summed E-state index contributed by atoms with van der Waals surface area (Å²) in [4.78, 5) is 16.2. The lowest BCUT2D eigenvalue weighted by Crippen LogP contribution is -2.06. The van der Waals surface area contributed by atoms with Crippen molar-refractivity contribution in [2.24, 2.45) is 4.99 Å². The van der Waals surface area contributed by atoms with Crippen molar-refractivity contribution in [3.8, 4) is 0 Å². The molecule has 0 saturated carbocycles. The molecule has 2 aromatic carbocycles. The summed E-state index contributed by atoms with van der Waals surface area (Å²) >= 11 is 24.0. The number of rotatable bonds is 2. The van der Waals surface area contributed by atoms with Crippen LogP contribution >= 0.6 is 46.4 Å². The lowest BCUT2D eigenvalue weighted by atomic mass is 10.2. The average molecular weight is 387 g/mol. The van der Waals surface area contributed by atoms with Crippen LogP contribution in [0.5, 0.6) is 0 Å². The molecule has 2 aromatic rings. The molecule has 7 heteroatoms. The first-order valence-corrected chi connectivity index (χ1v) is 7.89. The Morgan fingerprint density at radius 1 is 1.00 bits per heavy atom. The van der Waals surface area contributed by atoms with Gasteiger partial charge in [0.15, 0.2) is 5.70 Å². The van der Waals surface area contributed by atoms with E-state index >= 15 is 0 Å². The molecule has 0 aliphatic carbocycles. The zero-order valence-corrected chi connectivity index (χ0v) is 14.3. The maximum Gasteiger partial charge on any atom is 0.363 e. The Bertz CT molecular complexity index is 874. The van der Waals surface area contributed by atoms with Crippen molar-refractivity contribution >= 4 is 64.3 Å². The third-order valence-electron chi connectivity index (χ3n) is 3.06. The molecule has 0 radical (unpaired) electrons. The predicted octanol–water partition coefficient (Wildman–Crippen LogP) is 5.64. The Labute approximate surface area is 152 Å². The Balaban J connectivity index is 2.01. The van der Waals surface area contributed by atoms with Crippen LogP contribution in [0.1, 0.15) is 11.1 Å². The predicted molar refractivity (Wildman–Crippen MR) is 93.5 cm³/mol. The quantitative estimate of drug-likeness (QED) is 0.494. The molecule has 0 spiro atoms. The van der Waals surface area contributed by atoms with E-state index in [2.05, 4.69) is 4.99 Å². The fraction of sp³-hybridized carbons (Fsp3) is 0.